The highest BCUT2D eigenvalue weighted by Crippen LogP contribution is 2.24. The topological polar surface area (TPSA) is 60.2 Å². The van der Waals surface area contributed by atoms with Crippen molar-refractivity contribution in [2.45, 2.75) is 6.42 Å². The predicted molar refractivity (Wildman–Crippen MR) is 72.5 cm³/mol. The van der Waals surface area contributed by atoms with Crippen LogP contribution in [0.4, 0.5) is 14.5 Å². The summed E-state index contributed by atoms with van der Waals surface area (Å²) in [5.41, 5.74) is -0.716. The fourth-order valence-corrected chi connectivity index (χ4v) is 2.05. The molecule has 0 saturated carbocycles. The predicted octanol–water partition coefficient (Wildman–Crippen LogP) is 3.95. The molecule has 4 nitrogen and oxygen atoms in total. The normalized spacial score (nSPS) is 10.4. The van der Waals surface area contributed by atoms with E-state index in [1.165, 1.54) is 6.07 Å². The molecule has 7 heteroatoms. The molecule has 0 N–H and O–H groups in total. The van der Waals surface area contributed by atoms with Gasteiger partial charge in [0.25, 0.3) is 5.69 Å². The van der Waals surface area contributed by atoms with E-state index in [-0.39, 0.29) is 6.42 Å². The van der Waals surface area contributed by atoms with Crippen molar-refractivity contribution in [2.75, 3.05) is 0 Å². The van der Waals surface area contributed by atoms with Gasteiger partial charge in [0.05, 0.1) is 16.6 Å². The number of halogens is 3. The Morgan fingerprint density at radius 1 is 1.19 bits per heavy atom. The second-order valence-electron chi connectivity index (χ2n) is 4.27. The minimum absolute atomic E-state index is 0.202. The molecule has 0 aliphatic carbocycles. The van der Waals surface area contributed by atoms with E-state index >= 15 is 0 Å². The van der Waals surface area contributed by atoms with Crippen LogP contribution in [0, 0.1) is 21.7 Å². The van der Waals surface area contributed by atoms with Gasteiger partial charge in [0.2, 0.25) is 0 Å². The molecule has 2 rings (SSSR count). The highest BCUT2D eigenvalue weighted by atomic mass is 35.5. The third kappa shape index (κ3) is 3.41. The molecule has 0 spiro atoms. The summed E-state index contributed by atoms with van der Waals surface area (Å²) in [5.74, 6) is -3.38. The number of nitrogens with zero attached hydrogens (tertiary/aromatic N) is 1. The highest BCUT2D eigenvalue weighted by Gasteiger charge is 2.23. The Kier molecular flexibility index (Phi) is 4.28. The Balaban J connectivity index is 2.39. The second kappa shape index (κ2) is 5.97. The number of nitro groups is 1. The lowest BCUT2D eigenvalue weighted by atomic mass is 10.0. The maximum Gasteiger partial charge on any atom is 0.283 e. The Morgan fingerprint density at radius 3 is 2.48 bits per heavy atom. The molecule has 0 atom stereocenters. The number of rotatable bonds is 4. The molecule has 0 aliphatic heterocycles. The number of Topliss-reactive ketones (excluding diaryl/α,β-unsaturated/α-hetero) is 1. The molecule has 0 fully saturated rings. The number of hydrogen-bond donors (Lipinski definition) is 0. The average molecular weight is 312 g/mol. The van der Waals surface area contributed by atoms with Crippen molar-refractivity contribution in [1.82, 2.24) is 0 Å². The molecule has 2 aromatic carbocycles. The van der Waals surface area contributed by atoms with Crippen LogP contribution in [0.5, 0.6) is 0 Å². The number of carbonyl (C=O) groups excluding carboxylic acids is 1. The van der Waals surface area contributed by atoms with E-state index < -0.39 is 33.6 Å². The van der Waals surface area contributed by atoms with Crippen molar-refractivity contribution in [2.24, 2.45) is 0 Å². The van der Waals surface area contributed by atoms with E-state index in [2.05, 4.69) is 0 Å². The quantitative estimate of drug-likeness (QED) is 0.488. The molecule has 0 aliphatic rings. The van der Waals surface area contributed by atoms with Crippen LogP contribution >= 0.6 is 11.6 Å². The van der Waals surface area contributed by atoms with Crippen LogP contribution in [0.25, 0.3) is 0 Å². The van der Waals surface area contributed by atoms with Crippen LogP contribution in [0.3, 0.4) is 0 Å². The fourth-order valence-electron chi connectivity index (χ4n) is 1.84. The molecular weight excluding hydrogens is 304 g/mol. The van der Waals surface area contributed by atoms with Gasteiger partial charge < -0.3 is 0 Å². The van der Waals surface area contributed by atoms with Crippen LogP contribution in [0.2, 0.25) is 5.02 Å². The van der Waals surface area contributed by atoms with Gasteiger partial charge in [-0.25, -0.2) is 8.78 Å². The minimum atomic E-state index is -1.37. The van der Waals surface area contributed by atoms with Crippen LogP contribution in [0.15, 0.2) is 36.4 Å². The lowest BCUT2D eigenvalue weighted by Gasteiger charge is -2.04. The van der Waals surface area contributed by atoms with Crippen molar-refractivity contribution >= 4 is 23.1 Å². The summed E-state index contributed by atoms with van der Waals surface area (Å²) in [6.07, 6.45) is -0.202. The van der Waals surface area contributed by atoms with Crippen LogP contribution in [0.1, 0.15) is 15.9 Å². The summed E-state index contributed by atoms with van der Waals surface area (Å²) >= 11 is 5.77. The number of ketones is 1. The van der Waals surface area contributed by atoms with Crippen molar-refractivity contribution in [3.8, 4) is 0 Å². The maximum absolute atomic E-state index is 13.2. The summed E-state index contributed by atoms with van der Waals surface area (Å²) < 4.78 is 26.3. The van der Waals surface area contributed by atoms with Crippen molar-refractivity contribution in [3.05, 3.63) is 74.3 Å². The lowest BCUT2D eigenvalue weighted by molar-refractivity contribution is -0.385. The number of carbonyl (C=O) groups is 1. The van der Waals surface area contributed by atoms with Gasteiger partial charge in [-0.05, 0) is 23.8 Å². The van der Waals surface area contributed by atoms with E-state index in [4.69, 9.17) is 11.6 Å². The van der Waals surface area contributed by atoms with E-state index in [1.54, 1.807) is 18.2 Å². The first kappa shape index (κ1) is 15.1. The molecule has 0 unspecified atom stereocenters. The summed E-state index contributed by atoms with van der Waals surface area (Å²) in [7, 11) is 0. The molecule has 0 aromatic heterocycles. The Bertz CT molecular complexity index is 734. The van der Waals surface area contributed by atoms with E-state index in [0.29, 0.717) is 22.7 Å². The zero-order valence-electron chi connectivity index (χ0n) is 10.5. The van der Waals surface area contributed by atoms with Crippen molar-refractivity contribution < 1.29 is 18.5 Å². The Labute approximate surface area is 123 Å². The van der Waals surface area contributed by atoms with Gasteiger partial charge in [-0.1, -0.05) is 23.7 Å². The van der Waals surface area contributed by atoms with Gasteiger partial charge in [0.1, 0.15) is 0 Å². The maximum atomic E-state index is 13.2. The minimum Gasteiger partial charge on any atom is -0.294 e. The summed E-state index contributed by atoms with van der Waals surface area (Å²) in [4.78, 5) is 22.0. The average Bonchev–Trinajstić information content (AvgIpc) is 2.41. The SMILES string of the molecule is O=C(Cc1cccc(Cl)c1)c1cc(F)c(F)cc1[N+](=O)[O-]. The van der Waals surface area contributed by atoms with Crippen molar-refractivity contribution in [3.63, 3.8) is 0 Å². The molecule has 0 radical (unpaired) electrons. The molecular formula is C14H8ClF2NO3. The zero-order chi connectivity index (χ0) is 15.6. The van der Waals surface area contributed by atoms with Gasteiger partial charge >= 0.3 is 0 Å². The third-order valence-electron chi connectivity index (χ3n) is 2.79. The van der Waals surface area contributed by atoms with Gasteiger partial charge in [-0.15, -0.1) is 0 Å². The van der Waals surface area contributed by atoms with E-state index in [0.717, 1.165) is 0 Å². The molecule has 108 valence electrons. The second-order valence-corrected chi connectivity index (χ2v) is 4.71. The van der Waals surface area contributed by atoms with Crippen molar-refractivity contribution in [1.29, 1.82) is 0 Å². The van der Waals surface area contributed by atoms with Gasteiger partial charge in [-0.3, -0.25) is 14.9 Å². The number of benzene rings is 2. The van der Waals surface area contributed by atoms with E-state index in [1.807, 2.05) is 0 Å². The lowest BCUT2D eigenvalue weighted by Crippen LogP contribution is -2.08. The smallest absolute Gasteiger partial charge is 0.283 e. The van der Waals surface area contributed by atoms with E-state index in [9.17, 15) is 23.7 Å². The molecule has 21 heavy (non-hydrogen) atoms. The molecule has 0 amide bonds. The Morgan fingerprint density at radius 2 is 1.86 bits per heavy atom. The fraction of sp³-hybridized carbons (Fsp3) is 0.0714. The molecule has 0 saturated heterocycles. The van der Waals surface area contributed by atoms with Gasteiger partial charge in [0, 0.05) is 11.4 Å². The van der Waals surface area contributed by atoms with Crippen LogP contribution in [-0.2, 0) is 6.42 Å². The van der Waals surface area contributed by atoms with Gasteiger partial charge in [-0.2, -0.15) is 0 Å². The first-order valence-electron chi connectivity index (χ1n) is 5.79. The van der Waals surface area contributed by atoms with Crippen LogP contribution < -0.4 is 0 Å². The monoisotopic (exact) mass is 311 g/mol. The summed E-state index contributed by atoms with van der Waals surface area (Å²) in [6, 6.07) is 7.29. The number of hydrogen-bond acceptors (Lipinski definition) is 3. The highest BCUT2D eigenvalue weighted by molar-refractivity contribution is 6.30. The molecule has 0 heterocycles. The van der Waals surface area contributed by atoms with Crippen LogP contribution in [-0.4, -0.2) is 10.7 Å². The summed E-state index contributed by atoms with van der Waals surface area (Å²) in [6.45, 7) is 0. The Hall–Kier alpha value is -2.34. The first-order valence-corrected chi connectivity index (χ1v) is 6.17. The molecule has 0 bridgehead atoms. The first-order chi connectivity index (χ1) is 9.88. The molecule has 2 aromatic rings. The largest absolute Gasteiger partial charge is 0.294 e. The zero-order valence-corrected chi connectivity index (χ0v) is 11.2. The number of nitro benzene ring substituents is 1. The third-order valence-corrected chi connectivity index (χ3v) is 3.02. The standard InChI is InChI=1S/C14H8ClF2NO3/c15-9-3-1-2-8(4-9)5-14(19)10-6-11(16)12(17)7-13(10)18(20)21/h1-4,6-7H,5H2. The van der Waals surface area contributed by atoms with Gasteiger partial charge in [0.15, 0.2) is 17.4 Å². The summed E-state index contributed by atoms with van der Waals surface area (Å²) in [5, 5.41) is 11.2.